The molecule has 0 bridgehead atoms. The summed E-state index contributed by atoms with van der Waals surface area (Å²) < 4.78 is 5.11. The Labute approximate surface area is 164 Å². The number of amides is 2. The summed E-state index contributed by atoms with van der Waals surface area (Å²) in [5.41, 5.74) is 2.85. The molecule has 0 unspecified atom stereocenters. The smallest absolute Gasteiger partial charge is 0.255 e. The minimum Gasteiger partial charge on any atom is -0.497 e. The van der Waals surface area contributed by atoms with Gasteiger partial charge in [-0.1, -0.05) is 36.4 Å². The molecule has 0 aliphatic carbocycles. The molecule has 0 aliphatic heterocycles. The fourth-order valence-corrected chi connectivity index (χ4v) is 2.74. The number of benzene rings is 3. The number of rotatable bonds is 7. The number of nitrogens with one attached hydrogen (secondary N) is 2. The topological polar surface area (TPSA) is 67.4 Å². The molecule has 2 N–H and O–H groups in total. The Kier molecular flexibility index (Phi) is 6.41. The molecule has 0 heterocycles. The van der Waals surface area contributed by atoms with Gasteiger partial charge >= 0.3 is 0 Å². The van der Waals surface area contributed by atoms with Gasteiger partial charge in [-0.3, -0.25) is 9.59 Å². The summed E-state index contributed by atoms with van der Waals surface area (Å²) in [6.07, 6.45) is 1.05. The summed E-state index contributed by atoms with van der Waals surface area (Å²) in [5, 5.41) is 5.68. The monoisotopic (exact) mass is 374 g/mol. The first kappa shape index (κ1) is 19.2. The molecule has 0 saturated carbocycles. The van der Waals surface area contributed by atoms with Gasteiger partial charge in [0.05, 0.1) is 7.11 Å². The van der Waals surface area contributed by atoms with E-state index in [1.807, 2.05) is 30.3 Å². The highest BCUT2D eigenvalue weighted by molar-refractivity contribution is 6.05. The van der Waals surface area contributed by atoms with E-state index in [4.69, 9.17) is 4.74 Å². The summed E-state index contributed by atoms with van der Waals surface area (Å²) in [6, 6.07) is 23.8. The van der Waals surface area contributed by atoms with Gasteiger partial charge in [0.25, 0.3) is 5.91 Å². The Balaban J connectivity index is 1.57. The Morgan fingerprint density at radius 3 is 2.29 bits per heavy atom. The number of carbonyl (C=O) groups is 2. The van der Waals surface area contributed by atoms with Gasteiger partial charge in [-0.15, -0.1) is 0 Å². The summed E-state index contributed by atoms with van der Waals surface area (Å²) in [6.45, 7) is 0. The Bertz CT molecular complexity index is 938. The van der Waals surface area contributed by atoms with E-state index < -0.39 is 0 Å². The lowest BCUT2D eigenvalue weighted by atomic mass is 10.1. The molecule has 0 aliphatic rings. The molecule has 0 spiro atoms. The normalized spacial score (nSPS) is 10.2. The van der Waals surface area contributed by atoms with E-state index in [9.17, 15) is 9.59 Å². The molecule has 5 heteroatoms. The highest BCUT2D eigenvalue weighted by Crippen LogP contribution is 2.17. The molecule has 3 aromatic carbocycles. The van der Waals surface area contributed by atoms with Crippen molar-refractivity contribution in [2.75, 3.05) is 17.7 Å². The van der Waals surface area contributed by atoms with Gasteiger partial charge in [0.15, 0.2) is 0 Å². The second-order valence-electron chi connectivity index (χ2n) is 6.30. The van der Waals surface area contributed by atoms with Crippen LogP contribution in [0.15, 0.2) is 78.9 Å². The Morgan fingerprint density at radius 2 is 1.57 bits per heavy atom. The second-order valence-corrected chi connectivity index (χ2v) is 6.30. The van der Waals surface area contributed by atoms with Gasteiger partial charge in [0.1, 0.15) is 5.75 Å². The van der Waals surface area contributed by atoms with Crippen molar-refractivity contribution in [3.8, 4) is 5.75 Å². The molecule has 28 heavy (non-hydrogen) atoms. The molecule has 5 nitrogen and oxygen atoms in total. The van der Waals surface area contributed by atoms with Crippen LogP contribution in [-0.4, -0.2) is 18.9 Å². The zero-order valence-electron chi connectivity index (χ0n) is 15.6. The highest BCUT2D eigenvalue weighted by Gasteiger charge is 2.09. The molecule has 3 aromatic rings. The van der Waals surface area contributed by atoms with E-state index in [0.29, 0.717) is 29.8 Å². The van der Waals surface area contributed by atoms with Crippen LogP contribution in [0.3, 0.4) is 0 Å². The van der Waals surface area contributed by atoms with E-state index in [-0.39, 0.29) is 11.8 Å². The number of carbonyl (C=O) groups excluding carboxylic acids is 2. The Hall–Kier alpha value is -3.60. The number of hydrogen-bond acceptors (Lipinski definition) is 3. The van der Waals surface area contributed by atoms with E-state index in [0.717, 1.165) is 11.3 Å². The molecule has 3 rings (SSSR count). The van der Waals surface area contributed by atoms with Crippen LogP contribution in [0.4, 0.5) is 11.4 Å². The van der Waals surface area contributed by atoms with Gasteiger partial charge in [-0.2, -0.15) is 0 Å². The van der Waals surface area contributed by atoms with Crippen molar-refractivity contribution in [2.24, 2.45) is 0 Å². The third-order valence-electron chi connectivity index (χ3n) is 4.24. The quantitative estimate of drug-likeness (QED) is 0.639. The molecule has 2 amide bonds. The Morgan fingerprint density at radius 1 is 0.821 bits per heavy atom. The highest BCUT2D eigenvalue weighted by atomic mass is 16.5. The first-order valence-corrected chi connectivity index (χ1v) is 9.03. The number of hydrogen-bond donors (Lipinski definition) is 2. The summed E-state index contributed by atoms with van der Waals surface area (Å²) >= 11 is 0. The minimum absolute atomic E-state index is 0.0865. The third kappa shape index (κ3) is 5.45. The largest absolute Gasteiger partial charge is 0.497 e. The molecule has 0 saturated heterocycles. The second kappa shape index (κ2) is 9.37. The lowest BCUT2D eigenvalue weighted by Crippen LogP contribution is -2.15. The van der Waals surface area contributed by atoms with Crippen molar-refractivity contribution >= 4 is 23.2 Å². The van der Waals surface area contributed by atoms with Crippen LogP contribution < -0.4 is 15.4 Å². The molecule has 142 valence electrons. The fourth-order valence-electron chi connectivity index (χ4n) is 2.74. The van der Waals surface area contributed by atoms with Crippen molar-refractivity contribution in [2.45, 2.75) is 12.8 Å². The van der Waals surface area contributed by atoms with Crippen LogP contribution in [0.25, 0.3) is 0 Å². The standard InChI is InChI=1S/C23H22N2O3/c1-28-21-13-11-19(12-14-21)25-23(27)18-8-5-9-20(16-18)24-22(26)15-10-17-6-3-2-4-7-17/h2-9,11-14,16H,10,15H2,1H3,(H,24,26)(H,25,27). The lowest BCUT2D eigenvalue weighted by Gasteiger charge is -2.09. The van der Waals surface area contributed by atoms with Crippen molar-refractivity contribution in [3.63, 3.8) is 0 Å². The van der Waals surface area contributed by atoms with Crippen LogP contribution in [0.2, 0.25) is 0 Å². The number of aryl methyl sites for hydroxylation is 1. The maximum Gasteiger partial charge on any atom is 0.255 e. The van der Waals surface area contributed by atoms with Crippen molar-refractivity contribution in [1.82, 2.24) is 0 Å². The van der Waals surface area contributed by atoms with Gasteiger partial charge < -0.3 is 15.4 Å². The lowest BCUT2D eigenvalue weighted by molar-refractivity contribution is -0.116. The van der Waals surface area contributed by atoms with Crippen molar-refractivity contribution in [3.05, 3.63) is 90.0 Å². The van der Waals surface area contributed by atoms with Crippen LogP contribution in [0.5, 0.6) is 5.75 Å². The molecular weight excluding hydrogens is 352 g/mol. The molecule has 0 aromatic heterocycles. The first-order valence-electron chi connectivity index (χ1n) is 9.03. The van der Waals surface area contributed by atoms with Crippen LogP contribution in [0, 0.1) is 0 Å². The van der Waals surface area contributed by atoms with Gasteiger partial charge in [-0.05, 0) is 54.4 Å². The van der Waals surface area contributed by atoms with Crippen LogP contribution in [0.1, 0.15) is 22.3 Å². The van der Waals surface area contributed by atoms with Gasteiger partial charge in [0, 0.05) is 23.4 Å². The van der Waals surface area contributed by atoms with Gasteiger partial charge in [-0.25, -0.2) is 0 Å². The van der Waals surface area contributed by atoms with Crippen molar-refractivity contribution in [1.29, 1.82) is 0 Å². The third-order valence-corrected chi connectivity index (χ3v) is 4.24. The molecule has 0 atom stereocenters. The van der Waals surface area contributed by atoms with E-state index in [1.54, 1.807) is 55.6 Å². The fraction of sp³-hybridized carbons (Fsp3) is 0.130. The molecule has 0 radical (unpaired) electrons. The maximum atomic E-state index is 12.5. The molecular formula is C23H22N2O3. The minimum atomic E-state index is -0.245. The van der Waals surface area contributed by atoms with E-state index >= 15 is 0 Å². The van der Waals surface area contributed by atoms with Crippen molar-refractivity contribution < 1.29 is 14.3 Å². The molecule has 0 fully saturated rings. The zero-order chi connectivity index (χ0) is 19.8. The predicted octanol–water partition coefficient (Wildman–Crippen LogP) is 4.52. The predicted molar refractivity (Wildman–Crippen MR) is 111 cm³/mol. The van der Waals surface area contributed by atoms with Crippen LogP contribution in [-0.2, 0) is 11.2 Å². The first-order chi connectivity index (χ1) is 13.6. The SMILES string of the molecule is COc1ccc(NC(=O)c2cccc(NC(=O)CCc3ccccc3)c2)cc1. The zero-order valence-corrected chi connectivity index (χ0v) is 15.6. The van der Waals surface area contributed by atoms with E-state index in [2.05, 4.69) is 10.6 Å². The summed E-state index contributed by atoms with van der Waals surface area (Å²) in [7, 11) is 1.59. The number of methoxy groups -OCH3 is 1. The van der Waals surface area contributed by atoms with Gasteiger partial charge in [0.2, 0.25) is 5.91 Å². The average molecular weight is 374 g/mol. The summed E-state index contributed by atoms with van der Waals surface area (Å²) in [5.74, 6) is 0.389. The van der Waals surface area contributed by atoms with E-state index in [1.165, 1.54) is 0 Å². The number of ether oxygens (including phenoxy) is 1. The maximum absolute atomic E-state index is 12.5. The average Bonchev–Trinajstić information content (AvgIpc) is 2.74. The van der Waals surface area contributed by atoms with Crippen LogP contribution >= 0.6 is 0 Å². The number of anilines is 2. The summed E-state index contributed by atoms with van der Waals surface area (Å²) in [4.78, 5) is 24.7.